The van der Waals surface area contributed by atoms with Gasteiger partial charge in [0.1, 0.15) is 18.0 Å². The van der Waals surface area contributed by atoms with Crippen LogP contribution in [0, 0.1) is 6.92 Å². The molecule has 7 nitrogen and oxygen atoms in total. The number of carbonyl (C=O) groups excluding carboxylic acids is 2. The minimum atomic E-state index is -0.415. The van der Waals surface area contributed by atoms with Crippen LogP contribution in [0.5, 0.6) is 5.75 Å². The Balaban J connectivity index is 1.83. The first kappa shape index (κ1) is 22.2. The summed E-state index contributed by atoms with van der Waals surface area (Å²) in [6.07, 6.45) is 0. The third-order valence-corrected chi connectivity index (χ3v) is 5.30. The van der Waals surface area contributed by atoms with Crippen LogP contribution >= 0.6 is 0 Å². The fourth-order valence-electron chi connectivity index (χ4n) is 3.62. The zero-order valence-corrected chi connectivity index (χ0v) is 18.3. The summed E-state index contributed by atoms with van der Waals surface area (Å²) in [7, 11) is 2.95. The Bertz CT molecular complexity index is 1100. The van der Waals surface area contributed by atoms with E-state index in [9.17, 15) is 9.59 Å². The van der Waals surface area contributed by atoms with E-state index in [1.807, 2.05) is 56.3 Å². The third kappa shape index (κ3) is 5.19. The summed E-state index contributed by atoms with van der Waals surface area (Å²) < 4.78 is 10.2. The summed E-state index contributed by atoms with van der Waals surface area (Å²) >= 11 is 0. The van der Waals surface area contributed by atoms with Gasteiger partial charge in [0.25, 0.3) is 5.91 Å². The number of para-hydroxylation sites is 1. The monoisotopic (exact) mass is 422 g/mol. The van der Waals surface area contributed by atoms with Gasteiger partial charge in [0.2, 0.25) is 0 Å². The van der Waals surface area contributed by atoms with E-state index < -0.39 is 5.97 Å². The van der Waals surface area contributed by atoms with Crippen molar-refractivity contribution < 1.29 is 24.0 Å². The molecular formula is C24H28N3O4+. The van der Waals surface area contributed by atoms with Crippen molar-refractivity contribution in [2.24, 2.45) is 0 Å². The number of ether oxygens (including phenoxy) is 2. The lowest BCUT2D eigenvalue weighted by Gasteiger charge is -2.19. The number of likely N-dealkylation sites (N-methyl/N-ethyl adjacent to an activating group) is 1. The van der Waals surface area contributed by atoms with Crippen molar-refractivity contribution in [1.82, 2.24) is 4.98 Å². The van der Waals surface area contributed by atoms with Gasteiger partial charge in [-0.2, -0.15) is 0 Å². The van der Waals surface area contributed by atoms with Crippen LogP contribution in [-0.4, -0.2) is 44.2 Å². The number of esters is 1. The molecule has 0 spiro atoms. The lowest BCUT2D eigenvalue weighted by atomic mass is 10.0. The van der Waals surface area contributed by atoms with E-state index in [2.05, 4.69) is 5.32 Å². The molecule has 1 aromatic heterocycles. The molecule has 1 amide bonds. The van der Waals surface area contributed by atoms with E-state index in [1.54, 1.807) is 13.2 Å². The first-order valence-corrected chi connectivity index (χ1v) is 10.2. The molecule has 0 bridgehead atoms. The highest BCUT2D eigenvalue weighted by Crippen LogP contribution is 2.23. The fraction of sp³-hybridized carbons (Fsp3) is 0.292. The molecule has 0 aliphatic rings. The highest BCUT2D eigenvalue weighted by molar-refractivity contribution is 5.98. The van der Waals surface area contributed by atoms with Gasteiger partial charge in [-0.15, -0.1) is 0 Å². The summed E-state index contributed by atoms with van der Waals surface area (Å²) in [4.78, 5) is 30.9. The van der Waals surface area contributed by atoms with E-state index in [0.717, 1.165) is 21.4 Å². The highest BCUT2D eigenvalue weighted by atomic mass is 16.5. The van der Waals surface area contributed by atoms with Crippen LogP contribution in [0.4, 0.5) is 5.69 Å². The van der Waals surface area contributed by atoms with E-state index in [-0.39, 0.29) is 12.5 Å². The standard InChI is InChI=1S/C24H27N3O4/c1-5-27(15-22(28)25-17-9-8-10-18(13-17)30-3)14-21-23(24(29)31-4)16(2)19-11-6-7-12-20(19)26-21/h6-13H,5,14-15H2,1-4H3,(H,25,28)/p+1. The molecular weight excluding hydrogens is 394 g/mol. The number of hydrogen-bond donors (Lipinski definition) is 2. The van der Waals surface area contributed by atoms with Gasteiger partial charge in [-0.25, -0.2) is 9.78 Å². The summed E-state index contributed by atoms with van der Waals surface area (Å²) in [6.45, 7) is 5.26. The molecule has 0 aliphatic carbocycles. The molecule has 1 unspecified atom stereocenters. The molecule has 31 heavy (non-hydrogen) atoms. The molecule has 3 rings (SSSR count). The van der Waals surface area contributed by atoms with E-state index in [1.165, 1.54) is 7.11 Å². The quantitative estimate of drug-likeness (QED) is 0.545. The van der Waals surface area contributed by atoms with Crippen LogP contribution in [0.2, 0.25) is 0 Å². The summed E-state index contributed by atoms with van der Waals surface area (Å²) in [5, 5.41) is 3.82. The van der Waals surface area contributed by atoms with Gasteiger partial charge in [-0.05, 0) is 37.6 Å². The first-order valence-electron chi connectivity index (χ1n) is 10.2. The van der Waals surface area contributed by atoms with Crippen molar-refractivity contribution in [2.75, 3.05) is 32.6 Å². The average Bonchev–Trinajstić information content (AvgIpc) is 2.78. The lowest BCUT2D eigenvalue weighted by Crippen LogP contribution is -3.11. The van der Waals surface area contributed by atoms with Crippen molar-refractivity contribution >= 4 is 28.5 Å². The number of nitrogens with one attached hydrogen (secondary N) is 2. The predicted octanol–water partition coefficient (Wildman–Crippen LogP) is 2.38. The number of fused-ring (bicyclic) bond motifs is 1. The van der Waals surface area contributed by atoms with Gasteiger partial charge in [-0.1, -0.05) is 24.3 Å². The Morgan fingerprint density at radius 2 is 1.87 bits per heavy atom. The number of quaternary nitrogens is 1. The fourth-order valence-corrected chi connectivity index (χ4v) is 3.62. The Hall–Kier alpha value is -3.45. The second-order valence-corrected chi connectivity index (χ2v) is 7.30. The number of nitrogens with zero attached hydrogens (tertiary/aromatic N) is 1. The number of hydrogen-bond acceptors (Lipinski definition) is 5. The average molecular weight is 423 g/mol. The number of methoxy groups -OCH3 is 2. The van der Waals surface area contributed by atoms with Crippen LogP contribution in [0.15, 0.2) is 48.5 Å². The number of anilines is 1. The molecule has 3 aromatic rings. The van der Waals surface area contributed by atoms with Gasteiger partial charge in [0.05, 0.1) is 31.8 Å². The molecule has 1 heterocycles. The summed E-state index contributed by atoms with van der Waals surface area (Å²) in [5.41, 5.74) is 3.44. The SMILES string of the molecule is CC[NH+](CC(=O)Nc1cccc(OC)c1)Cc1nc2ccccc2c(C)c1C(=O)OC. The number of aryl methyl sites for hydroxylation is 1. The number of amides is 1. The third-order valence-electron chi connectivity index (χ3n) is 5.30. The smallest absolute Gasteiger partial charge is 0.340 e. The minimum Gasteiger partial charge on any atom is -0.497 e. The molecule has 0 fully saturated rings. The van der Waals surface area contributed by atoms with E-state index in [0.29, 0.717) is 35.8 Å². The van der Waals surface area contributed by atoms with Crippen LogP contribution in [0.3, 0.4) is 0 Å². The largest absolute Gasteiger partial charge is 0.497 e. The molecule has 1 atom stereocenters. The maximum absolute atomic E-state index is 12.6. The number of benzene rings is 2. The van der Waals surface area contributed by atoms with Crippen LogP contribution in [-0.2, 0) is 16.1 Å². The minimum absolute atomic E-state index is 0.123. The molecule has 7 heteroatoms. The molecule has 0 saturated heterocycles. The summed E-state index contributed by atoms with van der Waals surface area (Å²) in [6, 6.07) is 14.9. The second-order valence-electron chi connectivity index (χ2n) is 7.30. The maximum Gasteiger partial charge on any atom is 0.340 e. The van der Waals surface area contributed by atoms with Crippen LogP contribution in [0.1, 0.15) is 28.5 Å². The zero-order chi connectivity index (χ0) is 22.4. The molecule has 0 aliphatic heterocycles. The number of pyridine rings is 1. The van der Waals surface area contributed by atoms with Crippen molar-refractivity contribution in [3.05, 3.63) is 65.4 Å². The topological polar surface area (TPSA) is 82.0 Å². The Kier molecular flexibility index (Phi) is 7.20. The second kappa shape index (κ2) is 10.0. The normalized spacial score (nSPS) is 11.7. The van der Waals surface area contributed by atoms with Crippen molar-refractivity contribution in [1.29, 1.82) is 0 Å². The predicted molar refractivity (Wildman–Crippen MR) is 120 cm³/mol. The first-order chi connectivity index (χ1) is 15.0. The van der Waals surface area contributed by atoms with Gasteiger partial charge >= 0.3 is 5.97 Å². The van der Waals surface area contributed by atoms with Gasteiger partial charge in [-0.3, -0.25) is 4.79 Å². The molecule has 0 saturated carbocycles. The number of carbonyl (C=O) groups is 2. The van der Waals surface area contributed by atoms with Gasteiger partial charge < -0.3 is 19.7 Å². The zero-order valence-electron chi connectivity index (χ0n) is 18.3. The van der Waals surface area contributed by atoms with Crippen molar-refractivity contribution in [2.45, 2.75) is 20.4 Å². The highest BCUT2D eigenvalue weighted by Gasteiger charge is 2.23. The number of rotatable bonds is 8. The van der Waals surface area contributed by atoms with Gasteiger partial charge in [0.15, 0.2) is 6.54 Å². The lowest BCUT2D eigenvalue weighted by molar-refractivity contribution is -0.904. The molecule has 0 radical (unpaired) electrons. The number of aromatic nitrogens is 1. The molecule has 162 valence electrons. The Morgan fingerprint density at radius 1 is 1.10 bits per heavy atom. The van der Waals surface area contributed by atoms with Crippen molar-refractivity contribution in [3.63, 3.8) is 0 Å². The van der Waals surface area contributed by atoms with E-state index in [4.69, 9.17) is 14.5 Å². The Labute approximate surface area is 182 Å². The maximum atomic E-state index is 12.6. The van der Waals surface area contributed by atoms with Crippen molar-refractivity contribution in [3.8, 4) is 5.75 Å². The molecule has 2 N–H and O–H groups in total. The molecule has 2 aromatic carbocycles. The van der Waals surface area contributed by atoms with Gasteiger partial charge in [0, 0.05) is 17.1 Å². The Morgan fingerprint density at radius 3 is 2.58 bits per heavy atom. The van der Waals surface area contributed by atoms with Crippen LogP contribution < -0.4 is 15.0 Å². The van der Waals surface area contributed by atoms with E-state index >= 15 is 0 Å². The van der Waals surface area contributed by atoms with Crippen LogP contribution in [0.25, 0.3) is 10.9 Å². The summed E-state index contributed by atoms with van der Waals surface area (Å²) in [5.74, 6) is 0.139.